The van der Waals surface area contributed by atoms with Crippen LogP contribution in [0.15, 0.2) is 0 Å². The van der Waals surface area contributed by atoms with E-state index in [0.29, 0.717) is 0 Å². The largest absolute Gasteiger partial charge is 0.388 e. The van der Waals surface area contributed by atoms with Crippen molar-refractivity contribution in [2.24, 2.45) is 0 Å². The van der Waals surface area contributed by atoms with Crippen LogP contribution in [-0.4, -0.2) is 507 Å². The summed E-state index contributed by atoms with van der Waals surface area (Å²) < 4.78 is 127. The molecule has 0 bridgehead atoms. The third kappa shape index (κ3) is 19.0. The number of rotatable bonds is 22. The Hall–Kier alpha value is -1.96. The molecule has 12 aliphatic rings. The zero-order valence-corrected chi connectivity index (χ0v) is 57.2. The standard InChI is InChI=1S/C60H98O49/c61-13-1-88-50(38(75)25(13)62)100-15-3-90-52(40(77)27(15)64)102-17-5-92-54(42(79)29(17)66)104-19-7-94-56(44(81)31(19)68)106-21-9-96-58(46(83)33(21)70)108-23-11-98-60(48(85)35(23)72)109-24-12-97-59(47(84)36(24)73)107-22-10-95-57(45(82)34(22)71)105-20-8-93-55(43(80)32(20)69)103-18-6-91-53(41(78)30(18)67)101-16-4-89-51(39(76)28(16)65)99-14-2-87-49(86)37(74)26(14)63/h13-86H,1-12H2/t13-,14-,15-,16-,17-,18-,19-,20-,21-,22-,23-,24-,25+,26+,27+,28+,29+,30+,31+,32+,33+,34+,35+,36+,37-,38-,39-,40-,41-,42-,43-,44-,45-,46-,47-,48-,49-,50+,51+,52+,53+,54+,55+,56+,57+,58+,59+,60+/m1/s1. The number of aliphatic hydroxyl groups is 26. The van der Waals surface area contributed by atoms with Gasteiger partial charge in [-0.15, -0.1) is 0 Å². The van der Waals surface area contributed by atoms with Gasteiger partial charge >= 0.3 is 0 Å². The zero-order chi connectivity index (χ0) is 78.5. The molecule has 12 saturated heterocycles. The summed E-state index contributed by atoms with van der Waals surface area (Å²) in [5.74, 6) is 0. The maximum atomic E-state index is 11.1. The summed E-state index contributed by atoms with van der Waals surface area (Å²) in [5.41, 5.74) is 0. The summed E-state index contributed by atoms with van der Waals surface area (Å²) in [4.78, 5) is 0. The first-order valence-electron chi connectivity index (χ1n) is 35.1. The van der Waals surface area contributed by atoms with Gasteiger partial charge in [0.2, 0.25) is 0 Å². The Kier molecular flexibility index (Phi) is 29.6. The molecular weight excluding hydrogens is 1500 g/mol. The highest BCUT2D eigenvalue weighted by atomic mass is 16.8. The molecule has 0 spiro atoms. The van der Waals surface area contributed by atoms with Crippen molar-refractivity contribution in [2.75, 3.05) is 79.3 Å². The highest BCUT2D eigenvalue weighted by Crippen LogP contribution is 2.36. The fraction of sp³-hybridized carbons (Fsp3) is 1.00. The predicted octanol–water partition coefficient (Wildman–Crippen LogP) is -19.5. The molecule has 12 heterocycles. The molecule has 0 aliphatic carbocycles. The molecule has 26 N–H and O–H groups in total. The van der Waals surface area contributed by atoms with Crippen LogP contribution in [0.2, 0.25) is 0 Å². The maximum Gasteiger partial charge on any atom is 0.186 e. The van der Waals surface area contributed by atoms with Crippen molar-refractivity contribution in [3.63, 3.8) is 0 Å². The van der Waals surface area contributed by atoms with Crippen molar-refractivity contribution < 1.29 is 242 Å². The molecular formula is C60H98O49. The number of aliphatic hydroxyl groups excluding tert-OH is 26. The molecule has 48 atom stereocenters. The van der Waals surface area contributed by atoms with E-state index in [-0.39, 0.29) is 0 Å². The smallest absolute Gasteiger partial charge is 0.186 e. The van der Waals surface area contributed by atoms with Crippen molar-refractivity contribution in [1.82, 2.24) is 0 Å². The second-order valence-corrected chi connectivity index (χ2v) is 28.2. The third-order valence-corrected chi connectivity index (χ3v) is 20.7. The SMILES string of the molecule is O[C@@H]1[C@@H](O)[C@H](O[C@@H]2CO[C@@H](O[C@@H]3CO[C@@H](O[C@@H]4CO[C@@H](O[C@@H]5CO[C@@H](O[C@@H]6CO[C@@H](O[C@@H]7CO[C@@H](O[C@@H]8CO[C@@H](O[C@@H]9CO[C@@H](O[C@@H]%10CO[C@@H](O[C@@H]%11CO[C@@H](O[C@@H]%12CO[C@@H](O)[C@H](O)[C@H]%12O)[C@H](O)[C@H]%11O)[C@H](O)[C@H]%10O)[C@H](O)[C@H]9O)[C@H](O)[C@H]8O)[C@H](O)[C@H]7O)[C@H](O)[C@H]6O)[C@H](O)[C@H]5O)[C@H](O)[C@H]4O)[C@H](O)[C@H]3O)[C@H](O)[C@H]2O)OC[C@H]1O. The van der Waals surface area contributed by atoms with E-state index < -0.39 is 375 Å². The van der Waals surface area contributed by atoms with Crippen molar-refractivity contribution in [3.05, 3.63) is 0 Å². The summed E-state index contributed by atoms with van der Waals surface area (Å²) in [6.45, 7) is -6.32. The minimum absolute atomic E-state index is 0.405. The highest BCUT2D eigenvalue weighted by Gasteiger charge is 2.56. The number of hydrogen-bond acceptors (Lipinski definition) is 49. The molecule has 0 aromatic heterocycles. The molecule has 109 heavy (non-hydrogen) atoms. The first-order chi connectivity index (χ1) is 51.8. The quantitative estimate of drug-likeness (QED) is 0.0479. The Balaban J connectivity index is 0.520. The fourth-order valence-corrected chi connectivity index (χ4v) is 13.8. The fourth-order valence-electron chi connectivity index (χ4n) is 13.8. The lowest BCUT2D eigenvalue weighted by molar-refractivity contribution is -0.371. The summed E-state index contributed by atoms with van der Waals surface area (Å²) in [6.07, 6.45) is -81.6. The van der Waals surface area contributed by atoms with E-state index in [1.54, 1.807) is 0 Å². The van der Waals surface area contributed by atoms with Gasteiger partial charge in [0.05, 0.1) is 79.3 Å². The third-order valence-electron chi connectivity index (χ3n) is 20.7. The lowest BCUT2D eigenvalue weighted by Crippen LogP contribution is -2.64. The van der Waals surface area contributed by atoms with E-state index in [1.165, 1.54) is 0 Å². The van der Waals surface area contributed by atoms with Gasteiger partial charge in [-0.25, -0.2) is 0 Å². The second-order valence-electron chi connectivity index (χ2n) is 28.2. The maximum absolute atomic E-state index is 11.1. The van der Waals surface area contributed by atoms with Crippen LogP contribution in [0.3, 0.4) is 0 Å². The average molecular weight is 1600 g/mol. The summed E-state index contributed by atoms with van der Waals surface area (Å²) >= 11 is 0. The van der Waals surface area contributed by atoms with E-state index in [1.807, 2.05) is 0 Å². The lowest BCUT2D eigenvalue weighted by atomic mass is 10.0. The monoisotopic (exact) mass is 1600 g/mol. The molecule has 0 radical (unpaired) electrons. The van der Waals surface area contributed by atoms with Gasteiger partial charge in [0.25, 0.3) is 0 Å². The van der Waals surface area contributed by atoms with Gasteiger partial charge in [-0.1, -0.05) is 0 Å². The minimum atomic E-state index is -1.97. The Morgan fingerprint density at radius 1 is 0.128 bits per heavy atom. The molecule has 0 aromatic carbocycles. The van der Waals surface area contributed by atoms with Gasteiger partial charge in [0.15, 0.2) is 75.5 Å². The second kappa shape index (κ2) is 37.3. The van der Waals surface area contributed by atoms with E-state index >= 15 is 0 Å². The van der Waals surface area contributed by atoms with Gasteiger partial charge in [-0.2, -0.15) is 0 Å². The number of hydrogen-bond donors (Lipinski definition) is 26. The van der Waals surface area contributed by atoms with Crippen LogP contribution in [-0.2, 0) is 109 Å². The van der Waals surface area contributed by atoms with Crippen LogP contribution in [0.5, 0.6) is 0 Å². The van der Waals surface area contributed by atoms with Gasteiger partial charge < -0.3 is 242 Å². The first-order valence-corrected chi connectivity index (χ1v) is 35.1. The Bertz CT molecular complexity index is 2610. The zero-order valence-electron chi connectivity index (χ0n) is 57.2. The lowest BCUT2D eigenvalue weighted by Gasteiger charge is -2.46. The summed E-state index contributed by atoms with van der Waals surface area (Å²) in [7, 11) is 0. The Morgan fingerprint density at radius 3 is 0.404 bits per heavy atom. The first kappa shape index (κ1) is 86.4. The average Bonchev–Trinajstić information content (AvgIpc) is 0.801. The van der Waals surface area contributed by atoms with E-state index in [2.05, 4.69) is 0 Å². The molecule has 0 amide bonds. The van der Waals surface area contributed by atoms with Crippen LogP contribution in [0, 0.1) is 0 Å². The van der Waals surface area contributed by atoms with Crippen molar-refractivity contribution in [3.8, 4) is 0 Å². The van der Waals surface area contributed by atoms with Gasteiger partial charge in [0, 0.05) is 0 Å². The van der Waals surface area contributed by atoms with E-state index in [9.17, 15) is 133 Å². The van der Waals surface area contributed by atoms with Crippen LogP contribution < -0.4 is 0 Å². The van der Waals surface area contributed by atoms with Gasteiger partial charge in [-0.3, -0.25) is 0 Å². The van der Waals surface area contributed by atoms with Crippen LogP contribution >= 0.6 is 0 Å². The predicted molar refractivity (Wildman–Crippen MR) is 323 cm³/mol. The van der Waals surface area contributed by atoms with Gasteiger partial charge in [-0.05, 0) is 0 Å². The molecule has 49 nitrogen and oxygen atoms in total. The van der Waals surface area contributed by atoms with Crippen molar-refractivity contribution in [1.29, 1.82) is 0 Å². The highest BCUT2D eigenvalue weighted by molar-refractivity contribution is 4.98. The minimum Gasteiger partial charge on any atom is -0.388 e. The Morgan fingerprint density at radius 2 is 0.248 bits per heavy atom. The topological polar surface area (TPSA) is 738 Å². The van der Waals surface area contributed by atoms with Crippen LogP contribution in [0.4, 0.5) is 0 Å². The molecule has 12 aliphatic heterocycles. The van der Waals surface area contributed by atoms with E-state index in [4.69, 9.17) is 109 Å². The van der Waals surface area contributed by atoms with Crippen molar-refractivity contribution >= 4 is 0 Å². The number of ether oxygens (including phenoxy) is 23. The molecule has 0 saturated carbocycles. The van der Waals surface area contributed by atoms with Crippen LogP contribution in [0.1, 0.15) is 0 Å². The molecule has 0 unspecified atom stereocenters. The molecule has 12 rings (SSSR count). The molecule has 12 fully saturated rings. The van der Waals surface area contributed by atoms with E-state index in [0.717, 1.165) is 0 Å². The summed E-state index contributed by atoms with van der Waals surface area (Å²) in [5, 5.41) is 279. The Labute approximate surface area is 614 Å². The summed E-state index contributed by atoms with van der Waals surface area (Å²) in [6, 6.07) is 0. The van der Waals surface area contributed by atoms with Gasteiger partial charge in [0.1, 0.15) is 220 Å². The molecule has 49 heteroatoms. The van der Waals surface area contributed by atoms with Crippen LogP contribution in [0.25, 0.3) is 0 Å². The normalized spacial score (nSPS) is 54.8. The van der Waals surface area contributed by atoms with Crippen molar-refractivity contribution in [2.45, 2.75) is 295 Å². The molecule has 632 valence electrons. The molecule has 0 aromatic rings.